The van der Waals surface area contributed by atoms with Gasteiger partial charge in [0.2, 0.25) is 0 Å². The molecule has 0 aromatic heterocycles. The number of carbonyl (C=O) groups excluding carboxylic acids is 3. The van der Waals surface area contributed by atoms with E-state index in [4.69, 9.17) is 25.8 Å². The maximum Gasteiger partial charge on any atom is 0.338 e. The standard InChI is InChI=1S/C22H21ClN2O6/c1-12(2)31-22(28)13-5-7-14(8-6-13)24-19-18(23)20(26)25(21(19)27)16-10-9-15(29-3)11-17(16)30-4/h5-12,24H,1-4H3. The van der Waals surface area contributed by atoms with Crippen LogP contribution < -0.4 is 19.7 Å². The summed E-state index contributed by atoms with van der Waals surface area (Å²) in [5.74, 6) is -0.992. The molecule has 9 heteroatoms. The normalized spacial score (nSPS) is 13.7. The Morgan fingerprint density at radius 3 is 2.26 bits per heavy atom. The Balaban J connectivity index is 1.83. The smallest absolute Gasteiger partial charge is 0.338 e. The highest BCUT2D eigenvalue weighted by Gasteiger charge is 2.40. The summed E-state index contributed by atoms with van der Waals surface area (Å²) in [5.41, 5.74) is 0.985. The highest BCUT2D eigenvalue weighted by molar-refractivity contribution is 6.53. The van der Waals surface area contributed by atoms with Crippen LogP contribution in [-0.4, -0.2) is 38.1 Å². The molecule has 31 heavy (non-hydrogen) atoms. The summed E-state index contributed by atoms with van der Waals surface area (Å²) in [6.07, 6.45) is -0.239. The van der Waals surface area contributed by atoms with Crippen LogP contribution in [0.1, 0.15) is 24.2 Å². The summed E-state index contributed by atoms with van der Waals surface area (Å²) in [6, 6.07) is 11.0. The van der Waals surface area contributed by atoms with Gasteiger partial charge in [-0.15, -0.1) is 0 Å². The van der Waals surface area contributed by atoms with E-state index in [2.05, 4.69) is 5.32 Å². The van der Waals surface area contributed by atoms with Gasteiger partial charge in [-0.25, -0.2) is 9.69 Å². The van der Waals surface area contributed by atoms with Crippen molar-refractivity contribution in [3.05, 3.63) is 58.8 Å². The predicted octanol–water partition coefficient (Wildman–Crippen LogP) is 3.70. The van der Waals surface area contributed by atoms with Gasteiger partial charge in [-0.2, -0.15) is 0 Å². The largest absolute Gasteiger partial charge is 0.497 e. The summed E-state index contributed by atoms with van der Waals surface area (Å²) in [5, 5.41) is 2.60. The molecule has 0 unspecified atom stereocenters. The number of ether oxygens (including phenoxy) is 3. The molecule has 0 saturated heterocycles. The van der Waals surface area contributed by atoms with Crippen LogP contribution in [0.25, 0.3) is 0 Å². The number of nitrogens with zero attached hydrogens (tertiary/aromatic N) is 1. The summed E-state index contributed by atoms with van der Waals surface area (Å²) in [6.45, 7) is 3.52. The van der Waals surface area contributed by atoms with Crippen molar-refractivity contribution in [2.75, 3.05) is 24.4 Å². The maximum atomic E-state index is 13.0. The van der Waals surface area contributed by atoms with E-state index in [0.717, 1.165) is 4.90 Å². The number of halogens is 1. The van der Waals surface area contributed by atoms with Crippen LogP contribution in [-0.2, 0) is 14.3 Å². The van der Waals surface area contributed by atoms with Crippen LogP contribution in [0.15, 0.2) is 53.2 Å². The van der Waals surface area contributed by atoms with Gasteiger partial charge < -0.3 is 19.5 Å². The molecule has 0 saturated carbocycles. The van der Waals surface area contributed by atoms with E-state index >= 15 is 0 Å². The number of nitrogens with one attached hydrogen (secondary N) is 1. The van der Waals surface area contributed by atoms with Crippen molar-refractivity contribution in [3.8, 4) is 11.5 Å². The molecule has 1 aliphatic rings. The second-order valence-corrected chi connectivity index (χ2v) is 7.21. The summed E-state index contributed by atoms with van der Waals surface area (Å²) >= 11 is 6.18. The van der Waals surface area contributed by atoms with Crippen LogP contribution in [0, 0.1) is 0 Å². The number of hydrogen-bond donors (Lipinski definition) is 1. The Morgan fingerprint density at radius 2 is 1.68 bits per heavy atom. The first-order chi connectivity index (χ1) is 14.8. The van der Waals surface area contributed by atoms with Gasteiger partial charge in [0, 0.05) is 11.8 Å². The lowest BCUT2D eigenvalue weighted by molar-refractivity contribution is -0.120. The molecule has 2 aromatic carbocycles. The van der Waals surface area contributed by atoms with Crippen LogP contribution >= 0.6 is 11.6 Å². The number of anilines is 2. The second-order valence-electron chi connectivity index (χ2n) is 6.83. The van der Waals surface area contributed by atoms with Crippen LogP contribution in [0.4, 0.5) is 11.4 Å². The fraction of sp³-hybridized carbons (Fsp3) is 0.227. The molecule has 0 atom stereocenters. The zero-order valence-corrected chi connectivity index (χ0v) is 18.1. The first-order valence-electron chi connectivity index (χ1n) is 9.35. The molecule has 3 rings (SSSR count). The van der Waals surface area contributed by atoms with Crippen molar-refractivity contribution >= 4 is 40.8 Å². The molecule has 0 bridgehead atoms. The lowest BCUT2D eigenvalue weighted by atomic mass is 10.2. The van der Waals surface area contributed by atoms with Gasteiger partial charge in [-0.05, 0) is 50.2 Å². The quantitative estimate of drug-likeness (QED) is 0.514. The Morgan fingerprint density at radius 1 is 1.00 bits per heavy atom. The zero-order chi connectivity index (χ0) is 22.7. The zero-order valence-electron chi connectivity index (χ0n) is 17.4. The number of esters is 1. The molecule has 0 spiro atoms. The third-order valence-corrected chi connectivity index (χ3v) is 4.74. The lowest BCUT2D eigenvalue weighted by Gasteiger charge is -2.18. The van der Waals surface area contributed by atoms with Gasteiger partial charge >= 0.3 is 5.97 Å². The van der Waals surface area contributed by atoms with Gasteiger partial charge in [0.25, 0.3) is 11.8 Å². The van der Waals surface area contributed by atoms with E-state index in [1.807, 2.05) is 0 Å². The molecule has 1 heterocycles. The summed E-state index contributed by atoms with van der Waals surface area (Å²) < 4.78 is 15.6. The van der Waals surface area contributed by atoms with Crippen molar-refractivity contribution in [1.29, 1.82) is 0 Å². The minimum Gasteiger partial charge on any atom is -0.497 e. The van der Waals surface area contributed by atoms with E-state index < -0.39 is 17.8 Å². The fourth-order valence-electron chi connectivity index (χ4n) is 2.92. The van der Waals surface area contributed by atoms with E-state index in [0.29, 0.717) is 17.0 Å². The van der Waals surface area contributed by atoms with Gasteiger partial charge in [0.1, 0.15) is 22.2 Å². The number of rotatable bonds is 7. The van der Waals surface area contributed by atoms with E-state index in [9.17, 15) is 14.4 Å². The van der Waals surface area contributed by atoms with Crippen LogP contribution in [0.5, 0.6) is 11.5 Å². The molecule has 0 fully saturated rings. The maximum absolute atomic E-state index is 13.0. The highest BCUT2D eigenvalue weighted by Crippen LogP contribution is 2.37. The van der Waals surface area contributed by atoms with E-state index in [1.165, 1.54) is 20.3 Å². The Hall–Kier alpha value is -3.52. The van der Waals surface area contributed by atoms with Crippen molar-refractivity contribution in [2.24, 2.45) is 0 Å². The van der Waals surface area contributed by atoms with Crippen molar-refractivity contribution in [1.82, 2.24) is 0 Å². The van der Waals surface area contributed by atoms with Crippen molar-refractivity contribution in [3.63, 3.8) is 0 Å². The van der Waals surface area contributed by atoms with E-state index in [1.54, 1.807) is 50.2 Å². The monoisotopic (exact) mass is 444 g/mol. The number of amides is 2. The minimum atomic E-state index is -0.685. The number of carbonyl (C=O) groups is 3. The fourth-order valence-corrected chi connectivity index (χ4v) is 3.13. The molecule has 0 radical (unpaired) electrons. The lowest BCUT2D eigenvalue weighted by Crippen LogP contribution is -2.32. The second kappa shape index (κ2) is 9.09. The predicted molar refractivity (Wildman–Crippen MR) is 116 cm³/mol. The van der Waals surface area contributed by atoms with Crippen molar-refractivity contribution < 1.29 is 28.6 Å². The topological polar surface area (TPSA) is 94.2 Å². The molecule has 0 aliphatic carbocycles. The minimum absolute atomic E-state index is 0.0814. The average molecular weight is 445 g/mol. The molecule has 2 aromatic rings. The van der Waals surface area contributed by atoms with Gasteiger partial charge in [-0.3, -0.25) is 9.59 Å². The van der Waals surface area contributed by atoms with Gasteiger partial charge in [0.15, 0.2) is 0 Å². The molecular formula is C22H21ClN2O6. The first-order valence-corrected chi connectivity index (χ1v) is 9.73. The van der Waals surface area contributed by atoms with Gasteiger partial charge in [-0.1, -0.05) is 11.6 Å². The molecule has 1 aliphatic heterocycles. The number of methoxy groups -OCH3 is 2. The third-order valence-electron chi connectivity index (χ3n) is 4.39. The first kappa shape index (κ1) is 22.2. The highest BCUT2D eigenvalue weighted by atomic mass is 35.5. The summed E-state index contributed by atoms with van der Waals surface area (Å²) in [4.78, 5) is 38.6. The average Bonchev–Trinajstić information content (AvgIpc) is 2.96. The summed E-state index contributed by atoms with van der Waals surface area (Å²) in [7, 11) is 2.91. The molecule has 8 nitrogen and oxygen atoms in total. The molecule has 162 valence electrons. The number of imide groups is 1. The molecule has 1 N–H and O–H groups in total. The number of hydrogen-bond acceptors (Lipinski definition) is 7. The number of benzene rings is 2. The molecular weight excluding hydrogens is 424 g/mol. The molecule has 2 amide bonds. The van der Waals surface area contributed by atoms with Gasteiger partial charge in [0.05, 0.1) is 31.6 Å². The Bertz CT molecular complexity index is 1060. The van der Waals surface area contributed by atoms with Crippen LogP contribution in [0.3, 0.4) is 0 Å². The Labute approximate surface area is 184 Å². The van der Waals surface area contributed by atoms with Crippen molar-refractivity contribution in [2.45, 2.75) is 20.0 Å². The van der Waals surface area contributed by atoms with Crippen LogP contribution in [0.2, 0.25) is 0 Å². The van der Waals surface area contributed by atoms with E-state index in [-0.39, 0.29) is 28.3 Å². The third kappa shape index (κ3) is 4.49. The Kier molecular flexibility index (Phi) is 6.50. The SMILES string of the molecule is COc1ccc(N2C(=O)C(Cl)=C(Nc3ccc(C(=O)OC(C)C)cc3)C2=O)c(OC)c1.